The summed E-state index contributed by atoms with van der Waals surface area (Å²) < 4.78 is 10.3. The lowest BCUT2D eigenvalue weighted by molar-refractivity contribution is 0.102. The molecule has 1 N–H and O–H groups in total. The van der Waals surface area contributed by atoms with E-state index in [4.69, 9.17) is 9.15 Å². The molecule has 0 aliphatic heterocycles. The maximum atomic E-state index is 12.6. The van der Waals surface area contributed by atoms with Crippen molar-refractivity contribution in [3.05, 3.63) is 70.1 Å². The van der Waals surface area contributed by atoms with Crippen LogP contribution in [0.25, 0.3) is 11.0 Å². The molecule has 0 saturated heterocycles. The predicted molar refractivity (Wildman–Crippen MR) is 92.8 cm³/mol. The van der Waals surface area contributed by atoms with Gasteiger partial charge in [0.05, 0.1) is 12.7 Å². The molecule has 24 heavy (non-hydrogen) atoms. The first-order chi connectivity index (χ1) is 11.6. The summed E-state index contributed by atoms with van der Waals surface area (Å²) in [7, 11) is 1.52. The predicted octanol–water partition coefficient (Wildman–Crippen LogP) is 3.62. The van der Waals surface area contributed by atoms with Crippen LogP contribution in [0.4, 0.5) is 5.69 Å². The maximum absolute atomic E-state index is 12.6. The van der Waals surface area contributed by atoms with Crippen molar-refractivity contribution < 1.29 is 13.9 Å². The standard InChI is InChI=1S/C19H17NO4/c1-3-12-4-6-13(7-5-12)20-19(22)16-11-18(21)24-17-10-14(23-2)8-9-15(16)17/h4-11H,3H2,1-2H3,(H,20,22). The number of carbonyl (C=O) groups is 1. The monoisotopic (exact) mass is 323 g/mol. The van der Waals surface area contributed by atoms with Crippen molar-refractivity contribution in [1.82, 2.24) is 0 Å². The van der Waals surface area contributed by atoms with Crippen LogP contribution in [-0.2, 0) is 6.42 Å². The summed E-state index contributed by atoms with van der Waals surface area (Å²) in [5, 5.41) is 3.36. The van der Waals surface area contributed by atoms with Gasteiger partial charge in [-0.3, -0.25) is 4.79 Å². The van der Waals surface area contributed by atoms with E-state index in [1.54, 1.807) is 18.2 Å². The molecular formula is C19H17NO4. The molecule has 1 heterocycles. The van der Waals surface area contributed by atoms with Crippen LogP contribution in [-0.4, -0.2) is 13.0 Å². The molecular weight excluding hydrogens is 306 g/mol. The molecule has 0 radical (unpaired) electrons. The zero-order valence-corrected chi connectivity index (χ0v) is 13.5. The number of aryl methyl sites for hydroxylation is 1. The summed E-state index contributed by atoms with van der Waals surface area (Å²) in [5.74, 6) is 0.195. The topological polar surface area (TPSA) is 68.5 Å². The molecule has 1 amide bonds. The van der Waals surface area contributed by atoms with Crippen LogP contribution in [0.5, 0.6) is 5.75 Å². The van der Waals surface area contributed by atoms with Gasteiger partial charge in [-0.25, -0.2) is 4.79 Å². The summed E-state index contributed by atoms with van der Waals surface area (Å²) in [4.78, 5) is 24.3. The second kappa shape index (κ2) is 6.58. The Morgan fingerprint density at radius 1 is 1.12 bits per heavy atom. The molecule has 0 fully saturated rings. The van der Waals surface area contributed by atoms with Gasteiger partial charge in [0.25, 0.3) is 5.91 Å². The van der Waals surface area contributed by atoms with E-state index < -0.39 is 5.63 Å². The van der Waals surface area contributed by atoms with Crippen molar-refractivity contribution in [2.75, 3.05) is 12.4 Å². The molecule has 2 aromatic carbocycles. The summed E-state index contributed by atoms with van der Waals surface area (Å²) in [6.07, 6.45) is 0.931. The van der Waals surface area contributed by atoms with Crippen molar-refractivity contribution in [2.45, 2.75) is 13.3 Å². The summed E-state index contributed by atoms with van der Waals surface area (Å²) in [6.45, 7) is 2.07. The second-order valence-electron chi connectivity index (χ2n) is 5.35. The van der Waals surface area contributed by atoms with Gasteiger partial charge in [-0.05, 0) is 36.2 Å². The van der Waals surface area contributed by atoms with E-state index in [9.17, 15) is 9.59 Å². The third kappa shape index (κ3) is 3.15. The Morgan fingerprint density at radius 3 is 2.54 bits per heavy atom. The SMILES string of the molecule is CCc1ccc(NC(=O)c2cc(=O)oc3cc(OC)ccc23)cc1. The van der Waals surface area contributed by atoms with Gasteiger partial charge in [0.1, 0.15) is 11.3 Å². The van der Waals surface area contributed by atoms with Crippen LogP contribution in [0.1, 0.15) is 22.8 Å². The molecule has 3 aromatic rings. The number of hydrogen-bond donors (Lipinski definition) is 1. The zero-order valence-electron chi connectivity index (χ0n) is 13.5. The first kappa shape index (κ1) is 15.8. The molecule has 5 nitrogen and oxygen atoms in total. The van der Waals surface area contributed by atoms with Gasteiger partial charge in [-0.15, -0.1) is 0 Å². The number of amides is 1. The highest BCUT2D eigenvalue weighted by molar-refractivity contribution is 6.12. The van der Waals surface area contributed by atoms with Crippen molar-refractivity contribution in [3.63, 3.8) is 0 Å². The van der Waals surface area contributed by atoms with E-state index >= 15 is 0 Å². The lowest BCUT2D eigenvalue weighted by atomic mass is 10.1. The Bertz CT molecular complexity index is 942. The summed E-state index contributed by atoms with van der Waals surface area (Å²) >= 11 is 0. The van der Waals surface area contributed by atoms with Crippen molar-refractivity contribution in [1.29, 1.82) is 0 Å². The number of rotatable bonds is 4. The van der Waals surface area contributed by atoms with E-state index in [0.717, 1.165) is 6.42 Å². The number of anilines is 1. The first-order valence-corrected chi connectivity index (χ1v) is 7.63. The zero-order chi connectivity index (χ0) is 17.1. The lowest BCUT2D eigenvalue weighted by Crippen LogP contribution is -2.15. The normalized spacial score (nSPS) is 10.6. The molecule has 3 rings (SSSR count). The van der Waals surface area contributed by atoms with Crippen LogP contribution in [0.3, 0.4) is 0 Å². The number of fused-ring (bicyclic) bond motifs is 1. The molecule has 0 atom stereocenters. The van der Waals surface area contributed by atoms with Gasteiger partial charge in [0.2, 0.25) is 0 Å². The van der Waals surface area contributed by atoms with Gasteiger partial charge < -0.3 is 14.5 Å². The number of benzene rings is 2. The van der Waals surface area contributed by atoms with E-state index in [0.29, 0.717) is 22.4 Å². The van der Waals surface area contributed by atoms with Gasteiger partial charge in [-0.2, -0.15) is 0 Å². The van der Waals surface area contributed by atoms with E-state index in [1.807, 2.05) is 24.3 Å². The largest absolute Gasteiger partial charge is 0.497 e. The van der Waals surface area contributed by atoms with Gasteiger partial charge in [-0.1, -0.05) is 19.1 Å². The first-order valence-electron chi connectivity index (χ1n) is 7.63. The Morgan fingerprint density at radius 2 is 1.88 bits per heavy atom. The highest BCUT2D eigenvalue weighted by Gasteiger charge is 2.14. The molecule has 0 spiro atoms. The number of ether oxygens (including phenoxy) is 1. The van der Waals surface area contributed by atoms with Crippen LogP contribution >= 0.6 is 0 Å². The molecule has 0 aliphatic carbocycles. The Labute approximate surface area is 138 Å². The second-order valence-corrected chi connectivity index (χ2v) is 5.35. The molecule has 0 saturated carbocycles. The number of carbonyl (C=O) groups excluding carboxylic acids is 1. The smallest absolute Gasteiger partial charge is 0.337 e. The molecule has 0 bridgehead atoms. The Hall–Kier alpha value is -3.08. The fraction of sp³-hybridized carbons (Fsp3) is 0.158. The van der Waals surface area contributed by atoms with Crippen molar-refractivity contribution in [2.24, 2.45) is 0 Å². The van der Waals surface area contributed by atoms with Crippen molar-refractivity contribution in [3.8, 4) is 5.75 Å². The summed E-state index contributed by atoms with van der Waals surface area (Å²) in [6, 6.07) is 13.8. The third-order valence-corrected chi connectivity index (χ3v) is 3.82. The lowest BCUT2D eigenvalue weighted by Gasteiger charge is -2.08. The quantitative estimate of drug-likeness (QED) is 0.745. The van der Waals surface area contributed by atoms with Crippen molar-refractivity contribution >= 4 is 22.6 Å². The molecule has 1 aromatic heterocycles. The molecule has 0 aliphatic rings. The van der Waals surface area contributed by atoms with Gasteiger partial charge in [0, 0.05) is 23.2 Å². The van der Waals surface area contributed by atoms with E-state index in [2.05, 4.69) is 12.2 Å². The fourth-order valence-electron chi connectivity index (χ4n) is 2.48. The number of hydrogen-bond acceptors (Lipinski definition) is 4. The Balaban J connectivity index is 1.97. The minimum atomic E-state index is -0.581. The highest BCUT2D eigenvalue weighted by Crippen LogP contribution is 2.23. The minimum Gasteiger partial charge on any atom is -0.497 e. The van der Waals surface area contributed by atoms with Gasteiger partial charge in [0.15, 0.2) is 0 Å². The van der Waals surface area contributed by atoms with E-state index in [-0.39, 0.29) is 11.5 Å². The summed E-state index contributed by atoms with van der Waals surface area (Å²) in [5.41, 5.74) is 1.86. The average molecular weight is 323 g/mol. The minimum absolute atomic E-state index is 0.267. The molecule has 122 valence electrons. The number of nitrogens with one attached hydrogen (secondary N) is 1. The number of methoxy groups -OCH3 is 1. The maximum Gasteiger partial charge on any atom is 0.337 e. The fourth-order valence-corrected chi connectivity index (χ4v) is 2.48. The van der Waals surface area contributed by atoms with E-state index in [1.165, 1.54) is 18.7 Å². The van der Waals surface area contributed by atoms with Gasteiger partial charge >= 0.3 is 5.63 Å². The average Bonchev–Trinajstić information content (AvgIpc) is 2.61. The van der Waals surface area contributed by atoms with Crippen LogP contribution in [0.15, 0.2) is 57.7 Å². The highest BCUT2D eigenvalue weighted by atomic mass is 16.5. The van der Waals surface area contributed by atoms with Crippen LogP contribution < -0.4 is 15.7 Å². The Kier molecular flexibility index (Phi) is 4.33. The molecule has 5 heteroatoms. The third-order valence-electron chi connectivity index (χ3n) is 3.82. The van der Waals surface area contributed by atoms with Crippen LogP contribution in [0.2, 0.25) is 0 Å². The molecule has 0 unspecified atom stereocenters. The van der Waals surface area contributed by atoms with Crippen LogP contribution in [0, 0.1) is 0 Å².